The molecule has 0 amide bonds. The predicted octanol–water partition coefficient (Wildman–Crippen LogP) is 4.26. The van der Waals surface area contributed by atoms with Crippen molar-refractivity contribution in [2.75, 3.05) is 13.2 Å². The largest absolute Gasteiger partial charge is 0.374 e. The van der Waals surface area contributed by atoms with Gasteiger partial charge in [-0.25, -0.2) is 0 Å². The molecule has 0 aliphatic rings. The van der Waals surface area contributed by atoms with Gasteiger partial charge in [0.05, 0.1) is 22.6 Å². The molecule has 0 radical (unpaired) electrons. The second kappa shape index (κ2) is 6.74. The van der Waals surface area contributed by atoms with Gasteiger partial charge in [0.2, 0.25) is 0 Å². The molecule has 2 nitrogen and oxygen atoms in total. The van der Waals surface area contributed by atoms with Crippen LogP contribution >= 0.6 is 22.9 Å². The third-order valence-electron chi connectivity index (χ3n) is 2.26. The zero-order chi connectivity index (χ0) is 12.9. The molecule has 0 fully saturated rings. The van der Waals surface area contributed by atoms with Gasteiger partial charge in [0.25, 0.3) is 0 Å². The molecule has 0 bridgehead atoms. The van der Waals surface area contributed by atoms with Crippen molar-refractivity contribution in [3.05, 3.63) is 21.3 Å². The van der Waals surface area contributed by atoms with Crippen molar-refractivity contribution in [3.8, 4) is 0 Å². The molecule has 1 rings (SSSR count). The SMILES string of the molecule is CCCNC(COC(C)(C)C)c1ccc(Cl)s1. The summed E-state index contributed by atoms with van der Waals surface area (Å²) in [6.45, 7) is 10.1. The van der Waals surface area contributed by atoms with Gasteiger partial charge < -0.3 is 10.1 Å². The first-order chi connectivity index (χ1) is 7.92. The third-order valence-corrected chi connectivity index (χ3v) is 3.61. The summed E-state index contributed by atoms with van der Waals surface area (Å²) in [6, 6.07) is 4.26. The Labute approximate surface area is 113 Å². The third kappa shape index (κ3) is 5.87. The van der Waals surface area contributed by atoms with Crippen molar-refractivity contribution in [3.63, 3.8) is 0 Å². The van der Waals surface area contributed by atoms with E-state index < -0.39 is 0 Å². The van der Waals surface area contributed by atoms with Crippen LogP contribution in [0.4, 0.5) is 0 Å². The van der Waals surface area contributed by atoms with Gasteiger partial charge in [-0.2, -0.15) is 0 Å². The van der Waals surface area contributed by atoms with Crippen LogP contribution in [-0.2, 0) is 4.74 Å². The van der Waals surface area contributed by atoms with Crippen molar-refractivity contribution in [1.29, 1.82) is 0 Å². The lowest BCUT2D eigenvalue weighted by molar-refractivity contribution is -0.0143. The molecule has 4 heteroatoms. The Morgan fingerprint density at radius 3 is 2.59 bits per heavy atom. The minimum absolute atomic E-state index is 0.104. The minimum Gasteiger partial charge on any atom is -0.374 e. The van der Waals surface area contributed by atoms with Gasteiger partial charge in [0.1, 0.15) is 0 Å². The number of hydrogen-bond donors (Lipinski definition) is 1. The van der Waals surface area contributed by atoms with Crippen LogP contribution in [0.2, 0.25) is 4.34 Å². The van der Waals surface area contributed by atoms with E-state index in [1.165, 1.54) is 4.88 Å². The van der Waals surface area contributed by atoms with Crippen molar-refractivity contribution >= 4 is 22.9 Å². The number of ether oxygens (including phenoxy) is 1. The Balaban J connectivity index is 2.60. The highest BCUT2D eigenvalue weighted by Gasteiger charge is 2.17. The summed E-state index contributed by atoms with van der Waals surface area (Å²) in [7, 11) is 0. The molecule has 0 aromatic carbocycles. The van der Waals surface area contributed by atoms with Crippen LogP contribution in [-0.4, -0.2) is 18.8 Å². The van der Waals surface area contributed by atoms with E-state index in [0.717, 1.165) is 17.3 Å². The zero-order valence-electron chi connectivity index (χ0n) is 11.0. The van der Waals surface area contributed by atoms with Crippen LogP contribution in [0.25, 0.3) is 0 Å². The molecule has 0 saturated carbocycles. The van der Waals surface area contributed by atoms with E-state index in [2.05, 4.69) is 39.1 Å². The average Bonchev–Trinajstić information content (AvgIpc) is 2.63. The summed E-state index contributed by atoms with van der Waals surface area (Å²) in [6.07, 6.45) is 1.12. The Hall–Kier alpha value is -0.0900. The Kier molecular flexibility index (Phi) is 5.93. The monoisotopic (exact) mass is 275 g/mol. The summed E-state index contributed by atoms with van der Waals surface area (Å²) in [5.74, 6) is 0. The highest BCUT2D eigenvalue weighted by molar-refractivity contribution is 7.16. The Morgan fingerprint density at radius 2 is 2.12 bits per heavy atom. The number of halogens is 1. The molecular formula is C13H22ClNOS. The lowest BCUT2D eigenvalue weighted by atomic mass is 10.2. The van der Waals surface area contributed by atoms with Gasteiger partial charge in [-0.1, -0.05) is 18.5 Å². The maximum Gasteiger partial charge on any atom is 0.0931 e. The predicted molar refractivity (Wildman–Crippen MR) is 76.1 cm³/mol. The van der Waals surface area contributed by atoms with E-state index in [4.69, 9.17) is 16.3 Å². The first-order valence-electron chi connectivity index (χ1n) is 6.05. The second-order valence-corrected chi connectivity index (χ2v) is 6.82. The summed E-state index contributed by atoms with van der Waals surface area (Å²) < 4.78 is 6.69. The highest BCUT2D eigenvalue weighted by Crippen LogP contribution is 2.28. The number of hydrogen-bond acceptors (Lipinski definition) is 3. The Morgan fingerprint density at radius 1 is 1.41 bits per heavy atom. The van der Waals surface area contributed by atoms with Crippen LogP contribution in [0.3, 0.4) is 0 Å². The van der Waals surface area contributed by atoms with E-state index in [9.17, 15) is 0 Å². The lowest BCUT2D eigenvalue weighted by Gasteiger charge is -2.24. The fourth-order valence-electron chi connectivity index (χ4n) is 1.41. The standard InChI is InChI=1S/C13H22ClNOS/c1-5-8-15-10(9-16-13(2,3)4)11-6-7-12(14)17-11/h6-7,10,15H,5,8-9H2,1-4H3. The zero-order valence-corrected chi connectivity index (χ0v) is 12.6. The van der Waals surface area contributed by atoms with Crippen LogP contribution in [0.15, 0.2) is 12.1 Å². The van der Waals surface area contributed by atoms with Crippen LogP contribution in [0.1, 0.15) is 45.0 Å². The van der Waals surface area contributed by atoms with Crippen molar-refractivity contribution in [2.24, 2.45) is 0 Å². The van der Waals surface area contributed by atoms with E-state index in [1.807, 2.05) is 6.07 Å². The van der Waals surface area contributed by atoms with Crippen molar-refractivity contribution in [1.82, 2.24) is 5.32 Å². The van der Waals surface area contributed by atoms with Gasteiger partial charge in [0, 0.05) is 4.88 Å². The van der Waals surface area contributed by atoms with Gasteiger partial charge in [0.15, 0.2) is 0 Å². The molecule has 1 aromatic rings. The van der Waals surface area contributed by atoms with E-state index in [-0.39, 0.29) is 11.6 Å². The lowest BCUT2D eigenvalue weighted by Crippen LogP contribution is -2.30. The van der Waals surface area contributed by atoms with Gasteiger partial charge >= 0.3 is 0 Å². The molecule has 98 valence electrons. The second-order valence-electron chi connectivity index (χ2n) is 5.07. The molecule has 17 heavy (non-hydrogen) atoms. The van der Waals surface area contributed by atoms with Crippen LogP contribution in [0, 0.1) is 0 Å². The Bertz CT molecular complexity index is 332. The minimum atomic E-state index is -0.104. The van der Waals surface area contributed by atoms with Gasteiger partial charge in [-0.3, -0.25) is 0 Å². The maximum absolute atomic E-state index is 5.98. The smallest absolute Gasteiger partial charge is 0.0931 e. The average molecular weight is 276 g/mol. The highest BCUT2D eigenvalue weighted by atomic mass is 35.5. The summed E-state index contributed by atoms with van der Waals surface area (Å²) in [5, 5.41) is 3.50. The molecule has 0 aliphatic carbocycles. The number of nitrogens with one attached hydrogen (secondary N) is 1. The molecule has 0 saturated heterocycles. The van der Waals surface area contributed by atoms with Crippen LogP contribution < -0.4 is 5.32 Å². The van der Waals surface area contributed by atoms with Gasteiger partial charge in [-0.15, -0.1) is 11.3 Å². The van der Waals surface area contributed by atoms with Crippen molar-refractivity contribution in [2.45, 2.75) is 45.8 Å². The first-order valence-corrected chi connectivity index (χ1v) is 7.24. The van der Waals surface area contributed by atoms with E-state index in [0.29, 0.717) is 6.61 Å². The quantitative estimate of drug-likeness (QED) is 0.838. The molecular weight excluding hydrogens is 254 g/mol. The fourth-order valence-corrected chi connectivity index (χ4v) is 2.53. The summed E-state index contributed by atoms with van der Waals surface area (Å²) in [4.78, 5) is 1.24. The van der Waals surface area contributed by atoms with E-state index in [1.54, 1.807) is 11.3 Å². The van der Waals surface area contributed by atoms with Crippen molar-refractivity contribution < 1.29 is 4.74 Å². The molecule has 1 atom stereocenters. The normalized spacial score (nSPS) is 13.9. The summed E-state index contributed by atoms with van der Waals surface area (Å²) >= 11 is 7.60. The molecule has 0 aliphatic heterocycles. The van der Waals surface area contributed by atoms with Gasteiger partial charge in [-0.05, 0) is 45.9 Å². The molecule has 1 unspecified atom stereocenters. The summed E-state index contributed by atoms with van der Waals surface area (Å²) in [5.41, 5.74) is -0.104. The maximum atomic E-state index is 5.98. The molecule has 1 heterocycles. The first kappa shape index (κ1) is 15.0. The van der Waals surface area contributed by atoms with Crippen LogP contribution in [0.5, 0.6) is 0 Å². The topological polar surface area (TPSA) is 21.3 Å². The molecule has 1 N–H and O–H groups in total. The van der Waals surface area contributed by atoms with E-state index >= 15 is 0 Å². The number of rotatable bonds is 6. The molecule has 1 aromatic heterocycles. The number of thiophene rings is 1. The fraction of sp³-hybridized carbons (Fsp3) is 0.692. The molecule has 0 spiro atoms.